The highest BCUT2D eigenvalue weighted by Gasteiger charge is 2.13. The van der Waals surface area contributed by atoms with E-state index < -0.39 is 0 Å². The van der Waals surface area contributed by atoms with Gasteiger partial charge in [0.1, 0.15) is 16.9 Å². The first kappa shape index (κ1) is 22.8. The fourth-order valence-electron chi connectivity index (χ4n) is 2.48. The first-order valence-corrected chi connectivity index (χ1v) is 10.5. The Balaban J connectivity index is 1.89. The van der Waals surface area contributed by atoms with Crippen molar-refractivity contribution in [3.05, 3.63) is 40.0 Å². The van der Waals surface area contributed by atoms with Gasteiger partial charge in [-0.05, 0) is 32.4 Å². The Morgan fingerprint density at radius 3 is 2.86 bits per heavy atom. The maximum atomic E-state index is 12.1. The van der Waals surface area contributed by atoms with Crippen LogP contribution in [0.1, 0.15) is 42.6 Å². The lowest BCUT2D eigenvalue weighted by molar-refractivity contribution is -0.116. The van der Waals surface area contributed by atoms with Gasteiger partial charge in [0.2, 0.25) is 5.91 Å². The second-order valence-corrected chi connectivity index (χ2v) is 7.56. The summed E-state index contributed by atoms with van der Waals surface area (Å²) in [7, 11) is 3.63. The van der Waals surface area contributed by atoms with Gasteiger partial charge in [0.25, 0.3) is 0 Å². The number of nitrogens with zero attached hydrogens (tertiary/aromatic N) is 4. The first-order valence-electron chi connectivity index (χ1n) is 9.62. The smallest absolute Gasteiger partial charge is 0.227 e. The normalized spacial score (nSPS) is 12.5. The molecule has 0 fully saturated rings. The number of carbonyl (C=O) groups excluding carboxylic acids is 1. The van der Waals surface area contributed by atoms with Gasteiger partial charge < -0.3 is 20.3 Å². The van der Waals surface area contributed by atoms with Crippen molar-refractivity contribution in [2.24, 2.45) is 4.99 Å². The standard InChI is InChI=1S/C20H30N6O2S/c1-6-21-20(26(4)12-16-13-29-19(24-16)15(3)28-5)22-10-9-18(27)25-17-8-7-14(2)11-23-17/h7-8,11,13,15H,6,9-10,12H2,1-5H3,(H,21,22)(H,23,25,27). The van der Waals surface area contributed by atoms with E-state index in [-0.39, 0.29) is 18.4 Å². The largest absolute Gasteiger partial charge is 0.375 e. The summed E-state index contributed by atoms with van der Waals surface area (Å²) in [4.78, 5) is 27.5. The molecule has 1 atom stereocenters. The van der Waals surface area contributed by atoms with E-state index in [0.717, 1.165) is 28.8 Å². The van der Waals surface area contributed by atoms with E-state index >= 15 is 0 Å². The van der Waals surface area contributed by atoms with Gasteiger partial charge in [0.05, 0.1) is 18.8 Å². The predicted octanol–water partition coefficient (Wildman–Crippen LogP) is 2.98. The van der Waals surface area contributed by atoms with Crippen molar-refractivity contribution in [1.29, 1.82) is 0 Å². The van der Waals surface area contributed by atoms with Crippen LogP contribution in [0.15, 0.2) is 28.7 Å². The minimum atomic E-state index is -0.110. The zero-order valence-electron chi connectivity index (χ0n) is 17.7. The number of nitrogens with one attached hydrogen (secondary N) is 2. The van der Waals surface area contributed by atoms with Crippen LogP contribution in [0.25, 0.3) is 0 Å². The number of amides is 1. The van der Waals surface area contributed by atoms with E-state index in [1.165, 1.54) is 0 Å². The first-order chi connectivity index (χ1) is 13.9. The number of pyridine rings is 1. The number of carbonyl (C=O) groups is 1. The summed E-state index contributed by atoms with van der Waals surface area (Å²) in [6.07, 6.45) is 2.00. The monoisotopic (exact) mass is 418 g/mol. The van der Waals surface area contributed by atoms with Crippen molar-refractivity contribution >= 4 is 29.0 Å². The molecule has 1 unspecified atom stereocenters. The molecule has 0 saturated carbocycles. The number of thiazole rings is 1. The highest BCUT2D eigenvalue weighted by atomic mass is 32.1. The van der Waals surface area contributed by atoms with Gasteiger partial charge in [-0.25, -0.2) is 9.97 Å². The number of hydrogen-bond acceptors (Lipinski definition) is 6. The SMILES string of the molecule is CCNC(=NCCC(=O)Nc1ccc(C)cn1)N(C)Cc1csc(C(C)OC)n1. The molecule has 2 N–H and O–H groups in total. The lowest BCUT2D eigenvalue weighted by atomic mass is 10.3. The minimum absolute atomic E-state index is 0.0116. The molecule has 29 heavy (non-hydrogen) atoms. The van der Waals surface area contributed by atoms with Gasteiger partial charge in [-0.1, -0.05) is 6.07 Å². The number of aliphatic imine (C=N–C) groups is 1. The quantitative estimate of drug-likeness (QED) is 0.480. The van der Waals surface area contributed by atoms with Gasteiger partial charge in [0, 0.05) is 38.7 Å². The molecule has 158 valence electrons. The van der Waals surface area contributed by atoms with Crippen LogP contribution in [-0.4, -0.2) is 54.0 Å². The maximum Gasteiger partial charge on any atom is 0.227 e. The van der Waals surface area contributed by atoms with Crippen molar-refractivity contribution in [2.45, 2.75) is 39.8 Å². The molecule has 0 aromatic carbocycles. The van der Waals surface area contributed by atoms with Gasteiger partial charge in [-0.15, -0.1) is 11.3 Å². The van der Waals surface area contributed by atoms with Gasteiger partial charge in [-0.3, -0.25) is 9.79 Å². The molecule has 2 heterocycles. The number of aromatic nitrogens is 2. The Hall–Kier alpha value is -2.52. The van der Waals surface area contributed by atoms with Crippen LogP contribution in [0.2, 0.25) is 0 Å². The van der Waals surface area contributed by atoms with Gasteiger partial charge in [-0.2, -0.15) is 0 Å². The summed E-state index contributed by atoms with van der Waals surface area (Å²) in [6, 6.07) is 3.71. The summed E-state index contributed by atoms with van der Waals surface area (Å²) in [6.45, 7) is 7.70. The maximum absolute atomic E-state index is 12.1. The van der Waals surface area contributed by atoms with Crippen molar-refractivity contribution < 1.29 is 9.53 Å². The van der Waals surface area contributed by atoms with Crippen LogP contribution >= 0.6 is 11.3 Å². The van der Waals surface area contributed by atoms with Crippen LogP contribution in [0.3, 0.4) is 0 Å². The van der Waals surface area contributed by atoms with E-state index in [1.807, 2.05) is 44.2 Å². The number of guanidine groups is 1. The number of methoxy groups -OCH3 is 1. The fraction of sp³-hybridized carbons (Fsp3) is 0.500. The molecule has 1 amide bonds. The van der Waals surface area contributed by atoms with Crippen molar-refractivity contribution in [2.75, 3.05) is 32.6 Å². The Labute approximate surface area is 176 Å². The second kappa shape index (κ2) is 11.5. The molecule has 0 spiro atoms. The fourth-order valence-corrected chi connectivity index (χ4v) is 3.32. The Bertz CT molecular complexity index is 806. The number of ether oxygens (including phenoxy) is 1. The summed E-state index contributed by atoms with van der Waals surface area (Å²) in [5, 5.41) is 9.04. The van der Waals surface area contributed by atoms with Crippen LogP contribution in [0.4, 0.5) is 5.82 Å². The van der Waals surface area contributed by atoms with Crippen LogP contribution < -0.4 is 10.6 Å². The minimum Gasteiger partial charge on any atom is -0.375 e. The van der Waals surface area contributed by atoms with E-state index in [4.69, 9.17) is 4.74 Å². The topological polar surface area (TPSA) is 91.7 Å². The lowest BCUT2D eigenvalue weighted by Crippen LogP contribution is -2.38. The van der Waals surface area contributed by atoms with Gasteiger partial charge >= 0.3 is 0 Å². The Morgan fingerprint density at radius 1 is 1.41 bits per heavy atom. The van der Waals surface area contributed by atoms with E-state index in [0.29, 0.717) is 18.9 Å². The molecule has 2 aromatic heterocycles. The van der Waals surface area contributed by atoms with Crippen molar-refractivity contribution in [3.8, 4) is 0 Å². The van der Waals surface area contributed by atoms with E-state index in [1.54, 1.807) is 30.7 Å². The molecule has 0 aliphatic carbocycles. The van der Waals surface area contributed by atoms with Crippen LogP contribution in [0, 0.1) is 6.92 Å². The van der Waals surface area contributed by atoms with E-state index in [9.17, 15) is 4.79 Å². The molecule has 0 bridgehead atoms. The molecule has 0 aliphatic rings. The molecule has 0 aliphatic heterocycles. The Kier molecular flexibility index (Phi) is 9.01. The van der Waals surface area contributed by atoms with E-state index in [2.05, 4.69) is 25.6 Å². The summed E-state index contributed by atoms with van der Waals surface area (Å²) in [5.74, 6) is 1.18. The number of hydrogen-bond donors (Lipinski definition) is 2. The highest BCUT2D eigenvalue weighted by molar-refractivity contribution is 7.09. The number of rotatable bonds is 9. The summed E-state index contributed by atoms with van der Waals surface area (Å²) in [5.41, 5.74) is 2.01. The van der Waals surface area contributed by atoms with Crippen molar-refractivity contribution in [3.63, 3.8) is 0 Å². The van der Waals surface area contributed by atoms with Crippen LogP contribution in [-0.2, 0) is 16.1 Å². The molecular formula is C20H30N6O2S. The third-order valence-electron chi connectivity index (χ3n) is 4.15. The van der Waals surface area contributed by atoms with Crippen LogP contribution in [0.5, 0.6) is 0 Å². The molecule has 0 radical (unpaired) electrons. The van der Waals surface area contributed by atoms with Crippen molar-refractivity contribution in [1.82, 2.24) is 20.2 Å². The average molecular weight is 419 g/mol. The molecule has 0 saturated heterocycles. The third kappa shape index (κ3) is 7.43. The summed E-state index contributed by atoms with van der Waals surface area (Å²) < 4.78 is 5.32. The molecular weight excluding hydrogens is 388 g/mol. The van der Waals surface area contributed by atoms with Gasteiger partial charge in [0.15, 0.2) is 5.96 Å². The average Bonchev–Trinajstić information content (AvgIpc) is 3.17. The lowest BCUT2D eigenvalue weighted by Gasteiger charge is -2.21. The Morgan fingerprint density at radius 2 is 2.21 bits per heavy atom. The molecule has 9 heteroatoms. The number of aryl methyl sites for hydroxylation is 1. The molecule has 2 aromatic rings. The summed E-state index contributed by atoms with van der Waals surface area (Å²) >= 11 is 1.59. The third-order valence-corrected chi connectivity index (χ3v) is 5.20. The molecule has 8 nitrogen and oxygen atoms in total. The zero-order chi connectivity index (χ0) is 21.2. The second-order valence-electron chi connectivity index (χ2n) is 6.67. The zero-order valence-corrected chi connectivity index (χ0v) is 18.5. The molecule has 2 rings (SSSR count). The predicted molar refractivity (Wildman–Crippen MR) is 117 cm³/mol. The highest BCUT2D eigenvalue weighted by Crippen LogP contribution is 2.20. The number of anilines is 1.